The van der Waals surface area contributed by atoms with E-state index in [9.17, 15) is 4.79 Å². The number of carbonyl (C=O) groups excluding carboxylic acids is 1. The number of nitrogens with zero attached hydrogens (tertiary/aromatic N) is 1. The molecule has 1 amide bonds. The number of pyridine rings is 1. The highest BCUT2D eigenvalue weighted by Gasteiger charge is 2.12. The number of hydrogen-bond donors (Lipinski definition) is 2. The van der Waals surface area contributed by atoms with Crippen LogP contribution in [0, 0.1) is 6.92 Å². The Morgan fingerprint density at radius 1 is 1.14 bits per heavy atom. The van der Waals surface area contributed by atoms with Gasteiger partial charge in [0, 0.05) is 23.3 Å². The number of rotatable bonds is 3. The van der Waals surface area contributed by atoms with Gasteiger partial charge in [-0.1, -0.05) is 30.3 Å². The zero-order valence-corrected chi connectivity index (χ0v) is 12.3. The molecule has 0 aliphatic carbocycles. The van der Waals surface area contributed by atoms with Crippen molar-refractivity contribution in [3.05, 3.63) is 71.4 Å². The lowest BCUT2D eigenvalue weighted by Crippen LogP contribution is -2.13. The van der Waals surface area contributed by atoms with Crippen molar-refractivity contribution in [3.63, 3.8) is 0 Å². The maximum absolute atomic E-state index is 12.6. The van der Waals surface area contributed by atoms with Crippen LogP contribution in [-0.2, 0) is 6.54 Å². The molecule has 0 radical (unpaired) electrons. The van der Waals surface area contributed by atoms with Crippen molar-refractivity contribution in [3.8, 4) is 0 Å². The maximum Gasteiger partial charge on any atom is 0.256 e. The lowest BCUT2D eigenvalue weighted by Gasteiger charge is -2.09. The summed E-state index contributed by atoms with van der Waals surface area (Å²) in [4.78, 5) is 17.0. The molecule has 3 N–H and O–H groups in total. The van der Waals surface area contributed by atoms with Crippen LogP contribution in [0.1, 0.15) is 21.6 Å². The fourth-order valence-corrected chi connectivity index (χ4v) is 2.42. The van der Waals surface area contributed by atoms with Gasteiger partial charge in [0.05, 0.1) is 11.1 Å². The SMILES string of the molecule is Cc1cc(C(=O)Nc2ccc(CN)cc2)c2ccccc2n1. The number of nitrogens with two attached hydrogens (primary N) is 1. The largest absolute Gasteiger partial charge is 0.326 e. The number of hydrogen-bond acceptors (Lipinski definition) is 3. The van der Waals surface area contributed by atoms with E-state index in [-0.39, 0.29) is 5.91 Å². The van der Waals surface area contributed by atoms with Crippen LogP contribution < -0.4 is 11.1 Å². The first kappa shape index (κ1) is 14.2. The molecule has 0 saturated carbocycles. The summed E-state index contributed by atoms with van der Waals surface area (Å²) in [6.45, 7) is 2.38. The smallest absolute Gasteiger partial charge is 0.256 e. The highest BCUT2D eigenvalue weighted by molar-refractivity contribution is 6.12. The van der Waals surface area contributed by atoms with E-state index in [4.69, 9.17) is 5.73 Å². The molecule has 0 unspecified atom stereocenters. The molecule has 3 aromatic rings. The van der Waals surface area contributed by atoms with Crippen LogP contribution in [0.25, 0.3) is 10.9 Å². The third kappa shape index (κ3) is 2.82. The normalized spacial score (nSPS) is 10.6. The topological polar surface area (TPSA) is 68.0 Å². The fourth-order valence-electron chi connectivity index (χ4n) is 2.42. The van der Waals surface area contributed by atoms with Crippen molar-refractivity contribution in [2.24, 2.45) is 5.73 Å². The Morgan fingerprint density at radius 3 is 2.59 bits per heavy atom. The Hall–Kier alpha value is -2.72. The van der Waals surface area contributed by atoms with E-state index < -0.39 is 0 Å². The van der Waals surface area contributed by atoms with E-state index in [0.29, 0.717) is 12.1 Å². The molecule has 0 aliphatic heterocycles. The quantitative estimate of drug-likeness (QED) is 0.778. The van der Waals surface area contributed by atoms with Crippen molar-refractivity contribution in [2.75, 3.05) is 5.32 Å². The highest BCUT2D eigenvalue weighted by atomic mass is 16.1. The van der Waals surface area contributed by atoms with Crippen molar-refractivity contribution in [2.45, 2.75) is 13.5 Å². The fraction of sp³-hybridized carbons (Fsp3) is 0.111. The Kier molecular flexibility index (Phi) is 3.85. The molecular formula is C18H17N3O. The lowest BCUT2D eigenvalue weighted by atomic mass is 10.1. The summed E-state index contributed by atoms with van der Waals surface area (Å²) in [5, 5.41) is 3.77. The highest BCUT2D eigenvalue weighted by Crippen LogP contribution is 2.20. The maximum atomic E-state index is 12.6. The first-order valence-electron chi connectivity index (χ1n) is 7.14. The second-order valence-electron chi connectivity index (χ2n) is 5.18. The minimum atomic E-state index is -0.137. The molecule has 0 saturated heterocycles. The van der Waals surface area contributed by atoms with Crippen molar-refractivity contribution < 1.29 is 4.79 Å². The van der Waals surface area contributed by atoms with E-state index >= 15 is 0 Å². The summed E-state index contributed by atoms with van der Waals surface area (Å²) in [6.07, 6.45) is 0. The Morgan fingerprint density at radius 2 is 1.86 bits per heavy atom. The molecule has 4 heteroatoms. The molecule has 22 heavy (non-hydrogen) atoms. The van der Waals surface area contributed by atoms with Gasteiger partial charge in [0.2, 0.25) is 0 Å². The third-order valence-electron chi connectivity index (χ3n) is 3.54. The van der Waals surface area contributed by atoms with E-state index in [1.807, 2.05) is 61.5 Å². The molecule has 2 aromatic carbocycles. The molecule has 0 aliphatic rings. The Bertz CT molecular complexity index is 825. The number of carbonyl (C=O) groups is 1. The lowest BCUT2D eigenvalue weighted by molar-refractivity contribution is 0.102. The molecule has 0 fully saturated rings. The zero-order chi connectivity index (χ0) is 15.5. The van der Waals surface area contributed by atoms with Crippen LogP contribution in [0.4, 0.5) is 5.69 Å². The number of benzene rings is 2. The molecule has 110 valence electrons. The Labute approximate surface area is 129 Å². The van der Waals surface area contributed by atoms with Crippen LogP contribution in [0.5, 0.6) is 0 Å². The summed E-state index contributed by atoms with van der Waals surface area (Å²) in [5.41, 5.74) is 9.64. The number of para-hydroxylation sites is 1. The first-order valence-corrected chi connectivity index (χ1v) is 7.14. The number of fused-ring (bicyclic) bond motifs is 1. The van der Waals surface area contributed by atoms with Gasteiger partial charge in [-0.3, -0.25) is 9.78 Å². The monoisotopic (exact) mass is 291 g/mol. The molecule has 1 heterocycles. The van der Waals surface area contributed by atoms with Crippen LogP contribution in [0.3, 0.4) is 0 Å². The molecule has 0 atom stereocenters. The molecule has 3 rings (SSSR count). The van der Waals surface area contributed by atoms with Gasteiger partial charge in [0.15, 0.2) is 0 Å². The average Bonchev–Trinajstić information content (AvgIpc) is 2.54. The van der Waals surface area contributed by atoms with Crippen LogP contribution >= 0.6 is 0 Å². The number of anilines is 1. The van der Waals surface area contributed by atoms with E-state index in [2.05, 4.69) is 10.3 Å². The van der Waals surface area contributed by atoms with Gasteiger partial charge in [-0.2, -0.15) is 0 Å². The average molecular weight is 291 g/mol. The predicted molar refractivity (Wildman–Crippen MR) is 88.8 cm³/mol. The number of amides is 1. The minimum Gasteiger partial charge on any atom is -0.326 e. The van der Waals surface area contributed by atoms with Crippen LogP contribution in [0.15, 0.2) is 54.6 Å². The number of aromatic nitrogens is 1. The van der Waals surface area contributed by atoms with E-state index in [0.717, 1.165) is 27.8 Å². The first-order chi connectivity index (χ1) is 10.7. The zero-order valence-electron chi connectivity index (χ0n) is 12.3. The van der Waals surface area contributed by atoms with Gasteiger partial charge in [0.25, 0.3) is 5.91 Å². The standard InChI is InChI=1S/C18H17N3O/c1-12-10-16(15-4-2-3-5-17(15)20-12)18(22)21-14-8-6-13(11-19)7-9-14/h2-10H,11,19H2,1H3,(H,21,22). The number of nitrogens with one attached hydrogen (secondary N) is 1. The van der Waals surface area contributed by atoms with Gasteiger partial charge < -0.3 is 11.1 Å². The van der Waals surface area contributed by atoms with E-state index in [1.54, 1.807) is 0 Å². The summed E-state index contributed by atoms with van der Waals surface area (Å²) in [6, 6.07) is 17.0. The molecule has 0 bridgehead atoms. The van der Waals surface area contributed by atoms with Crippen molar-refractivity contribution in [1.29, 1.82) is 0 Å². The van der Waals surface area contributed by atoms with Gasteiger partial charge in [0.1, 0.15) is 0 Å². The van der Waals surface area contributed by atoms with Gasteiger partial charge in [-0.25, -0.2) is 0 Å². The molecular weight excluding hydrogens is 274 g/mol. The summed E-state index contributed by atoms with van der Waals surface area (Å²) in [7, 11) is 0. The Balaban J connectivity index is 1.94. The van der Waals surface area contributed by atoms with Gasteiger partial charge in [-0.05, 0) is 36.8 Å². The van der Waals surface area contributed by atoms with Crippen molar-refractivity contribution in [1.82, 2.24) is 4.98 Å². The molecule has 1 aromatic heterocycles. The molecule has 4 nitrogen and oxygen atoms in total. The van der Waals surface area contributed by atoms with Crippen LogP contribution in [0.2, 0.25) is 0 Å². The summed E-state index contributed by atoms with van der Waals surface area (Å²) < 4.78 is 0. The summed E-state index contributed by atoms with van der Waals surface area (Å²) in [5.74, 6) is -0.137. The predicted octanol–water partition coefficient (Wildman–Crippen LogP) is 3.25. The number of aryl methyl sites for hydroxylation is 1. The second-order valence-corrected chi connectivity index (χ2v) is 5.18. The second kappa shape index (κ2) is 5.95. The summed E-state index contributed by atoms with van der Waals surface area (Å²) >= 11 is 0. The van der Waals surface area contributed by atoms with Crippen LogP contribution in [-0.4, -0.2) is 10.9 Å². The van der Waals surface area contributed by atoms with Gasteiger partial charge in [-0.15, -0.1) is 0 Å². The van der Waals surface area contributed by atoms with Crippen molar-refractivity contribution >= 4 is 22.5 Å². The van der Waals surface area contributed by atoms with E-state index in [1.165, 1.54) is 0 Å². The minimum absolute atomic E-state index is 0.137. The molecule has 0 spiro atoms. The third-order valence-corrected chi connectivity index (χ3v) is 3.54. The van der Waals surface area contributed by atoms with Gasteiger partial charge >= 0.3 is 0 Å².